The number of sulfonamides is 1. The second-order valence-corrected chi connectivity index (χ2v) is 12.2. The number of carbonyl (C=O) groups excluding carboxylic acids is 2. The van der Waals surface area contributed by atoms with Gasteiger partial charge in [-0.05, 0) is 55.2 Å². The number of halogens is 3. The summed E-state index contributed by atoms with van der Waals surface area (Å²) in [5.41, 5.74) is 1.07. The van der Waals surface area contributed by atoms with Gasteiger partial charge in [-0.1, -0.05) is 60.8 Å². The molecule has 11 heteroatoms. The molecule has 0 aliphatic heterocycles. The first kappa shape index (κ1) is 30.2. The Morgan fingerprint density at radius 1 is 0.972 bits per heavy atom. The molecule has 0 bridgehead atoms. The third kappa shape index (κ3) is 9.14. The highest BCUT2D eigenvalue weighted by molar-refractivity contribution is 7.92. The average molecular weight is 577 g/mol. The van der Waals surface area contributed by atoms with E-state index in [4.69, 9.17) is 34.8 Å². The summed E-state index contributed by atoms with van der Waals surface area (Å²) in [6.07, 6.45) is 1.31. The Morgan fingerprint density at radius 3 is 2.17 bits per heavy atom. The van der Waals surface area contributed by atoms with Crippen molar-refractivity contribution < 1.29 is 18.0 Å². The topological polar surface area (TPSA) is 86.8 Å². The predicted molar refractivity (Wildman–Crippen MR) is 147 cm³/mol. The molecule has 2 rings (SSSR count). The first-order valence-electron chi connectivity index (χ1n) is 11.5. The van der Waals surface area contributed by atoms with E-state index in [0.717, 1.165) is 16.1 Å². The third-order valence-electron chi connectivity index (χ3n) is 5.45. The van der Waals surface area contributed by atoms with Crippen molar-refractivity contribution in [2.45, 2.75) is 46.2 Å². The van der Waals surface area contributed by atoms with Gasteiger partial charge in [0.15, 0.2) is 0 Å². The van der Waals surface area contributed by atoms with Crippen LogP contribution in [0.15, 0.2) is 42.5 Å². The van der Waals surface area contributed by atoms with E-state index < -0.39 is 16.1 Å². The molecule has 0 aliphatic rings. The molecule has 0 saturated heterocycles. The highest BCUT2D eigenvalue weighted by Crippen LogP contribution is 2.31. The first-order valence-corrected chi connectivity index (χ1v) is 14.5. The standard InChI is InChI=1S/C25H32Cl3N3O4S/c1-17(2)15-29-25(33)18(3)30(16-19-7-9-20(26)10-8-19)24(32)6-5-13-31(36(4,34)35)23-14-21(27)11-12-22(23)28/h7-12,14,17-18H,5-6,13,15-16H2,1-4H3,(H,29,33). The van der Waals surface area contributed by atoms with Crippen molar-refractivity contribution in [2.24, 2.45) is 5.92 Å². The largest absolute Gasteiger partial charge is 0.354 e. The maximum Gasteiger partial charge on any atom is 0.242 e. The minimum atomic E-state index is -3.68. The highest BCUT2D eigenvalue weighted by atomic mass is 35.5. The second-order valence-electron chi connectivity index (χ2n) is 9.00. The molecule has 0 heterocycles. The number of hydrogen-bond donors (Lipinski definition) is 1. The van der Waals surface area contributed by atoms with Crippen molar-refractivity contribution in [1.29, 1.82) is 0 Å². The van der Waals surface area contributed by atoms with Gasteiger partial charge in [0.05, 0.1) is 17.0 Å². The van der Waals surface area contributed by atoms with Gasteiger partial charge in [0.25, 0.3) is 0 Å². The highest BCUT2D eigenvalue weighted by Gasteiger charge is 2.27. The van der Waals surface area contributed by atoms with Crippen LogP contribution in [0.4, 0.5) is 5.69 Å². The fraction of sp³-hybridized carbons (Fsp3) is 0.440. The van der Waals surface area contributed by atoms with Crippen LogP contribution in [0, 0.1) is 5.92 Å². The summed E-state index contributed by atoms with van der Waals surface area (Å²) in [6, 6.07) is 10.9. The number of hydrogen-bond acceptors (Lipinski definition) is 4. The number of carbonyl (C=O) groups is 2. The van der Waals surface area contributed by atoms with Crippen molar-refractivity contribution in [3.63, 3.8) is 0 Å². The summed E-state index contributed by atoms with van der Waals surface area (Å²) in [7, 11) is -3.68. The van der Waals surface area contributed by atoms with Gasteiger partial charge in [-0.3, -0.25) is 13.9 Å². The van der Waals surface area contributed by atoms with Gasteiger partial charge >= 0.3 is 0 Å². The number of nitrogens with one attached hydrogen (secondary N) is 1. The zero-order valence-electron chi connectivity index (χ0n) is 20.8. The minimum Gasteiger partial charge on any atom is -0.354 e. The molecular weight excluding hydrogens is 545 g/mol. The molecule has 0 radical (unpaired) electrons. The smallest absolute Gasteiger partial charge is 0.242 e. The fourth-order valence-corrected chi connectivity index (χ4v) is 5.01. The molecule has 1 unspecified atom stereocenters. The summed E-state index contributed by atoms with van der Waals surface area (Å²) < 4.78 is 26.1. The van der Waals surface area contributed by atoms with Gasteiger partial charge < -0.3 is 10.2 Å². The molecule has 0 saturated carbocycles. The van der Waals surface area contributed by atoms with E-state index in [1.807, 2.05) is 13.8 Å². The minimum absolute atomic E-state index is 0.0212. The van der Waals surface area contributed by atoms with Gasteiger partial charge in [0.1, 0.15) is 6.04 Å². The molecule has 7 nitrogen and oxygen atoms in total. The SMILES string of the molecule is CC(C)CNC(=O)C(C)N(Cc1ccc(Cl)cc1)C(=O)CCCN(c1cc(Cl)ccc1Cl)S(C)(=O)=O. The van der Waals surface area contributed by atoms with Crippen LogP contribution >= 0.6 is 34.8 Å². The van der Waals surface area contributed by atoms with Crippen LogP contribution in [0.5, 0.6) is 0 Å². The van der Waals surface area contributed by atoms with Gasteiger partial charge in [0, 0.05) is 36.1 Å². The van der Waals surface area contributed by atoms with E-state index in [9.17, 15) is 18.0 Å². The molecule has 2 aromatic rings. The Balaban J connectivity index is 2.18. The number of amides is 2. The first-order chi connectivity index (χ1) is 16.8. The molecule has 1 atom stereocenters. The maximum absolute atomic E-state index is 13.3. The number of benzene rings is 2. The van der Waals surface area contributed by atoms with Gasteiger partial charge in [-0.25, -0.2) is 8.42 Å². The maximum atomic E-state index is 13.3. The Bertz CT molecular complexity index is 1160. The number of rotatable bonds is 12. The molecule has 36 heavy (non-hydrogen) atoms. The van der Waals surface area contributed by atoms with Crippen LogP contribution < -0.4 is 9.62 Å². The van der Waals surface area contributed by atoms with Crippen LogP contribution in [0.1, 0.15) is 39.2 Å². The normalized spacial score (nSPS) is 12.3. The zero-order chi connectivity index (χ0) is 27.0. The van der Waals surface area contributed by atoms with E-state index in [1.54, 1.807) is 37.3 Å². The summed E-state index contributed by atoms with van der Waals surface area (Å²) in [4.78, 5) is 27.6. The molecule has 198 valence electrons. The van der Waals surface area contributed by atoms with E-state index >= 15 is 0 Å². The van der Waals surface area contributed by atoms with Crippen molar-refractivity contribution in [3.05, 3.63) is 63.1 Å². The molecule has 2 aromatic carbocycles. The van der Waals surface area contributed by atoms with Crippen molar-refractivity contribution in [2.75, 3.05) is 23.7 Å². The quantitative estimate of drug-likeness (QED) is 0.367. The van der Waals surface area contributed by atoms with E-state index in [1.165, 1.54) is 17.0 Å². The van der Waals surface area contributed by atoms with Crippen molar-refractivity contribution in [1.82, 2.24) is 10.2 Å². The van der Waals surface area contributed by atoms with E-state index in [2.05, 4.69) is 5.32 Å². The lowest BCUT2D eigenvalue weighted by Gasteiger charge is -2.30. The van der Waals surface area contributed by atoms with E-state index in [0.29, 0.717) is 16.6 Å². The van der Waals surface area contributed by atoms with Crippen molar-refractivity contribution >= 4 is 62.3 Å². The van der Waals surface area contributed by atoms with Crippen LogP contribution in [0.3, 0.4) is 0 Å². The van der Waals surface area contributed by atoms with Crippen LogP contribution in [0.2, 0.25) is 15.1 Å². The lowest BCUT2D eigenvalue weighted by molar-refractivity contribution is -0.140. The van der Waals surface area contributed by atoms with Gasteiger partial charge in [-0.2, -0.15) is 0 Å². The summed E-state index contributed by atoms with van der Waals surface area (Å²) >= 11 is 18.3. The Morgan fingerprint density at radius 2 is 1.58 bits per heavy atom. The summed E-state index contributed by atoms with van der Waals surface area (Å²) in [5, 5.41) is 4.01. The third-order valence-corrected chi connectivity index (χ3v) is 7.43. The predicted octanol–water partition coefficient (Wildman–Crippen LogP) is 5.38. The zero-order valence-corrected chi connectivity index (χ0v) is 23.9. The molecular formula is C25H32Cl3N3O4S. The second kappa shape index (κ2) is 13.5. The molecule has 2 amide bonds. The van der Waals surface area contributed by atoms with Gasteiger partial charge in [-0.15, -0.1) is 0 Å². The summed E-state index contributed by atoms with van der Waals surface area (Å²) in [6.45, 7) is 6.38. The number of anilines is 1. The molecule has 0 aromatic heterocycles. The monoisotopic (exact) mass is 575 g/mol. The number of nitrogens with zero attached hydrogens (tertiary/aromatic N) is 2. The fourth-order valence-electron chi connectivity index (χ4n) is 3.48. The molecule has 0 spiro atoms. The Labute approximate surface area is 228 Å². The van der Waals surface area contributed by atoms with E-state index in [-0.39, 0.29) is 54.4 Å². The lowest BCUT2D eigenvalue weighted by Crippen LogP contribution is -2.48. The van der Waals surface area contributed by atoms with Crippen LogP contribution in [-0.4, -0.2) is 50.5 Å². The molecule has 1 N–H and O–H groups in total. The Kier molecular flexibility index (Phi) is 11.3. The molecule has 0 aliphatic carbocycles. The molecule has 0 fully saturated rings. The summed E-state index contributed by atoms with van der Waals surface area (Å²) in [5.74, 6) is -0.265. The lowest BCUT2D eigenvalue weighted by atomic mass is 10.1. The van der Waals surface area contributed by atoms with Crippen LogP contribution in [0.25, 0.3) is 0 Å². The Hall–Kier alpha value is -2.00. The van der Waals surface area contributed by atoms with Crippen molar-refractivity contribution in [3.8, 4) is 0 Å². The van der Waals surface area contributed by atoms with Crippen LogP contribution in [-0.2, 0) is 26.2 Å². The van der Waals surface area contributed by atoms with Gasteiger partial charge in [0.2, 0.25) is 21.8 Å². The average Bonchev–Trinajstić information content (AvgIpc) is 2.80.